The number of rotatable bonds is 3. The highest BCUT2D eigenvalue weighted by molar-refractivity contribution is 6.09. The van der Waals surface area contributed by atoms with Crippen molar-refractivity contribution in [2.24, 2.45) is 0 Å². The molecule has 0 aliphatic heterocycles. The van der Waals surface area contributed by atoms with Crippen LogP contribution in [0.3, 0.4) is 0 Å². The minimum atomic E-state index is -0.697. The molecule has 0 aliphatic carbocycles. The van der Waals surface area contributed by atoms with Crippen molar-refractivity contribution in [2.75, 3.05) is 5.32 Å². The molecule has 1 N–H and O–H groups in total. The van der Waals surface area contributed by atoms with E-state index >= 15 is 0 Å². The van der Waals surface area contributed by atoms with E-state index in [1.165, 1.54) is 24.3 Å². The van der Waals surface area contributed by atoms with Crippen LogP contribution in [0, 0.1) is 28.5 Å². The van der Waals surface area contributed by atoms with Crippen LogP contribution in [0.15, 0.2) is 54.1 Å². The van der Waals surface area contributed by atoms with Crippen molar-refractivity contribution in [1.29, 1.82) is 10.5 Å². The van der Waals surface area contributed by atoms with E-state index < -0.39 is 11.7 Å². The van der Waals surface area contributed by atoms with E-state index in [2.05, 4.69) is 5.32 Å². The van der Waals surface area contributed by atoms with Gasteiger partial charge < -0.3 is 5.32 Å². The molecule has 0 radical (unpaired) electrons. The second kappa shape index (κ2) is 6.83. The van der Waals surface area contributed by atoms with E-state index in [0.717, 1.165) is 0 Å². The molecule has 0 heterocycles. The molecule has 0 spiro atoms. The molecule has 0 atom stereocenters. The first-order chi connectivity index (χ1) is 10.6. The lowest BCUT2D eigenvalue weighted by molar-refractivity contribution is -0.112. The lowest BCUT2D eigenvalue weighted by Crippen LogP contribution is -2.14. The van der Waals surface area contributed by atoms with Gasteiger partial charge >= 0.3 is 0 Å². The highest BCUT2D eigenvalue weighted by atomic mass is 19.1. The van der Waals surface area contributed by atoms with Gasteiger partial charge in [-0.3, -0.25) is 4.79 Å². The second-order valence-electron chi connectivity index (χ2n) is 4.34. The second-order valence-corrected chi connectivity index (χ2v) is 4.34. The van der Waals surface area contributed by atoms with Crippen LogP contribution in [0.2, 0.25) is 0 Å². The lowest BCUT2D eigenvalue weighted by atomic mass is 10.1. The number of carbonyl (C=O) groups excluding carboxylic acids is 1. The molecule has 22 heavy (non-hydrogen) atoms. The zero-order valence-corrected chi connectivity index (χ0v) is 11.4. The average Bonchev–Trinajstić information content (AvgIpc) is 2.55. The summed E-state index contributed by atoms with van der Waals surface area (Å²) < 4.78 is 13.5. The Morgan fingerprint density at radius 3 is 2.36 bits per heavy atom. The highest BCUT2D eigenvalue weighted by Crippen LogP contribution is 2.15. The Kier molecular flexibility index (Phi) is 4.64. The summed E-state index contributed by atoms with van der Waals surface area (Å²) in [6.07, 6.45) is 1.37. The van der Waals surface area contributed by atoms with Crippen molar-refractivity contribution in [2.45, 2.75) is 0 Å². The quantitative estimate of drug-likeness (QED) is 0.696. The normalized spacial score (nSPS) is 10.4. The smallest absolute Gasteiger partial charge is 0.266 e. The number of para-hydroxylation sites is 1. The van der Waals surface area contributed by atoms with E-state index in [1.54, 1.807) is 36.4 Å². The average molecular weight is 291 g/mol. The Morgan fingerprint density at radius 1 is 1.09 bits per heavy atom. The molecule has 0 fully saturated rings. The number of nitrogens with one attached hydrogen (secondary N) is 1. The van der Waals surface area contributed by atoms with E-state index in [9.17, 15) is 9.18 Å². The Morgan fingerprint density at radius 2 is 1.77 bits per heavy atom. The molecule has 0 aliphatic rings. The first-order valence-corrected chi connectivity index (χ1v) is 6.32. The number of hydrogen-bond donors (Lipinski definition) is 1. The topological polar surface area (TPSA) is 76.7 Å². The summed E-state index contributed by atoms with van der Waals surface area (Å²) in [5.41, 5.74) is 0.923. The largest absolute Gasteiger partial charge is 0.319 e. The Bertz CT molecular complexity index is 811. The highest BCUT2D eigenvalue weighted by Gasteiger charge is 2.11. The van der Waals surface area contributed by atoms with Crippen molar-refractivity contribution in [3.8, 4) is 12.1 Å². The number of carbonyl (C=O) groups is 1. The first kappa shape index (κ1) is 15.0. The number of anilines is 1. The minimum absolute atomic E-state index is 0.00785. The summed E-state index contributed by atoms with van der Waals surface area (Å²) in [6.45, 7) is 0. The van der Waals surface area contributed by atoms with E-state index in [4.69, 9.17) is 10.5 Å². The van der Waals surface area contributed by atoms with E-state index in [0.29, 0.717) is 11.1 Å². The van der Waals surface area contributed by atoms with Crippen molar-refractivity contribution in [3.63, 3.8) is 0 Å². The predicted octanol–water partition coefficient (Wildman–Crippen LogP) is 3.24. The molecule has 0 aromatic heterocycles. The number of halogens is 1. The van der Waals surface area contributed by atoms with Crippen LogP contribution >= 0.6 is 0 Å². The van der Waals surface area contributed by atoms with Gasteiger partial charge in [0.05, 0.1) is 17.3 Å². The van der Waals surface area contributed by atoms with Crippen molar-refractivity contribution >= 4 is 17.7 Å². The molecule has 5 heteroatoms. The van der Waals surface area contributed by atoms with Crippen molar-refractivity contribution in [1.82, 2.24) is 0 Å². The van der Waals surface area contributed by atoms with Gasteiger partial charge in [0.1, 0.15) is 17.5 Å². The van der Waals surface area contributed by atoms with Crippen LogP contribution in [0.1, 0.15) is 11.1 Å². The number of benzene rings is 2. The van der Waals surface area contributed by atoms with Crippen LogP contribution in [-0.2, 0) is 4.79 Å². The minimum Gasteiger partial charge on any atom is -0.319 e. The van der Waals surface area contributed by atoms with Gasteiger partial charge in [0.25, 0.3) is 5.91 Å². The standard InChI is InChI=1S/C17H10FN3O/c18-15-3-1-2-4-16(15)21-17(22)14(11-20)9-12-5-7-13(10-19)8-6-12/h1-9H,(H,21,22). The van der Waals surface area contributed by atoms with Gasteiger partial charge in [-0.1, -0.05) is 24.3 Å². The Balaban J connectivity index is 2.22. The third kappa shape index (κ3) is 3.56. The summed E-state index contributed by atoms with van der Waals surface area (Å²) in [7, 11) is 0. The molecular weight excluding hydrogens is 281 g/mol. The van der Waals surface area contributed by atoms with Crippen molar-refractivity contribution < 1.29 is 9.18 Å². The van der Waals surface area contributed by atoms with Crippen LogP contribution < -0.4 is 5.32 Å². The summed E-state index contributed by atoms with van der Waals surface area (Å²) in [5, 5.41) is 20.1. The van der Waals surface area contributed by atoms with Crippen LogP contribution in [0.4, 0.5) is 10.1 Å². The molecule has 0 saturated carbocycles. The summed E-state index contributed by atoms with van der Waals surface area (Å²) in [4.78, 5) is 12.0. The number of amides is 1. The molecule has 4 nitrogen and oxygen atoms in total. The maximum atomic E-state index is 13.5. The van der Waals surface area contributed by atoms with Crippen molar-refractivity contribution in [3.05, 3.63) is 71.0 Å². The molecule has 106 valence electrons. The molecule has 2 aromatic carbocycles. The van der Waals surface area contributed by atoms with Gasteiger partial charge in [-0.05, 0) is 35.9 Å². The van der Waals surface area contributed by atoms with Gasteiger partial charge in [-0.15, -0.1) is 0 Å². The fourth-order valence-electron chi connectivity index (χ4n) is 1.72. The predicted molar refractivity (Wildman–Crippen MR) is 79.8 cm³/mol. The van der Waals surface area contributed by atoms with E-state index in [1.807, 2.05) is 6.07 Å². The summed E-state index contributed by atoms with van der Waals surface area (Å²) in [6, 6.07) is 15.9. The molecular formula is C17H10FN3O. The van der Waals surface area contributed by atoms with Gasteiger partial charge in [-0.2, -0.15) is 10.5 Å². The van der Waals surface area contributed by atoms with Gasteiger partial charge in [0.15, 0.2) is 0 Å². The van der Waals surface area contributed by atoms with E-state index in [-0.39, 0.29) is 11.3 Å². The SMILES string of the molecule is N#CC(=Cc1ccc(C#N)cc1)C(=O)Nc1ccccc1F. The number of nitriles is 2. The molecule has 0 bridgehead atoms. The van der Waals surface area contributed by atoms with Crippen LogP contribution in [-0.4, -0.2) is 5.91 Å². The monoisotopic (exact) mass is 291 g/mol. The molecule has 2 rings (SSSR count). The van der Waals surface area contributed by atoms with Crippen LogP contribution in [0.25, 0.3) is 6.08 Å². The molecule has 0 saturated heterocycles. The summed E-state index contributed by atoms with van der Waals surface area (Å²) >= 11 is 0. The van der Waals surface area contributed by atoms with Gasteiger partial charge in [0, 0.05) is 0 Å². The molecule has 2 aromatic rings. The first-order valence-electron chi connectivity index (χ1n) is 6.32. The summed E-state index contributed by atoms with van der Waals surface area (Å²) in [5.74, 6) is -1.27. The zero-order valence-electron chi connectivity index (χ0n) is 11.4. The fourth-order valence-corrected chi connectivity index (χ4v) is 1.72. The Hall–Kier alpha value is -3.44. The van der Waals surface area contributed by atoms with Crippen LogP contribution in [0.5, 0.6) is 0 Å². The zero-order chi connectivity index (χ0) is 15.9. The third-order valence-electron chi connectivity index (χ3n) is 2.84. The third-order valence-corrected chi connectivity index (χ3v) is 2.84. The lowest BCUT2D eigenvalue weighted by Gasteiger charge is -2.05. The number of nitrogens with zero attached hydrogens (tertiary/aromatic N) is 2. The molecule has 0 unspecified atom stereocenters. The maximum Gasteiger partial charge on any atom is 0.266 e. The Labute approximate surface area is 126 Å². The fraction of sp³-hybridized carbons (Fsp3) is 0. The van der Waals surface area contributed by atoms with Gasteiger partial charge in [-0.25, -0.2) is 4.39 Å². The molecule has 1 amide bonds. The maximum absolute atomic E-state index is 13.5. The van der Waals surface area contributed by atoms with Gasteiger partial charge in [0.2, 0.25) is 0 Å². The number of hydrogen-bond acceptors (Lipinski definition) is 3.